The number of fused-ring (bicyclic) bond motifs is 1. The van der Waals surface area contributed by atoms with E-state index in [1.54, 1.807) is 0 Å². The molecule has 0 aliphatic heterocycles. The average Bonchev–Trinajstić information content (AvgIpc) is 2.49. The van der Waals surface area contributed by atoms with Gasteiger partial charge in [0, 0.05) is 17.6 Å². The molecule has 24 heavy (non-hydrogen) atoms. The highest BCUT2D eigenvalue weighted by atomic mass is 16.6. The summed E-state index contributed by atoms with van der Waals surface area (Å²) in [6.45, 7) is 6.97. The highest BCUT2D eigenvalue weighted by Crippen LogP contribution is 2.24. The highest BCUT2D eigenvalue weighted by Gasteiger charge is 2.15. The van der Waals surface area contributed by atoms with Crippen LogP contribution < -0.4 is 11.1 Å². The Morgan fingerprint density at radius 3 is 2.54 bits per heavy atom. The second-order valence-corrected chi connectivity index (χ2v) is 6.65. The first-order valence-electron chi connectivity index (χ1n) is 8.17. The van der Waals surface area contributed by atoms with Crippen molar-refractivity contribution in [3.8, 4) is 0 Å². The molecule has 1 amide bonds. The van der Waals surface area contributed by atoms with Gasteiger partial charge in [0.1, 0.15) is 5.60 Å². The van der Waals surface area contributed by atoms with E-state index in [0.29, 0.717) is 19.8 Å². The summed E-state index contributed by atoms with van der Waals surface area (Å²) in [7, 11) is 0. The van der Waals surface area contributed by atoms with Gasteiger partial charge in [-0.2, -0.15) is 0 Å². The number of ether oxygens (including phenoxy) is 2. The Bertz CT molecular complexity index is 693. The molecule has 0 unspecified atom stereocenters. The molecule has 3 N–H and O–H groups in total. The highest BCUT2D eigenvalue weighted by molar-refractivity contribution is 5.94. The van der Waals surface area contributed by atoms with Gasteiger partial charge in [-0.25, -0.2) is 4.79 Å². The summed E-state index contributed by atoms with van der Waals surface area (Å²) in [6.07, 6.45) is 0.378. The monoisotopic (exact) mass is 330 g/mol. The molecule has 2 aromatic carbocycles. The Kier molecular flexibility index (Phi) is 6.04. The minimum Gasteiger partial charge on any atom is -0.444 e. The van der Waals surface area contributed by atoms with Crippen LogP contribution in [0.25, 0.3) is 10.8 Å². The average molecular weight is 330 g/mol. The molecule has 0 aromatic heterocycles. The molecular formula is C19H26N2O3. The van der Waals surface area contributed by atoms with Gasteiger partial charge in [-0.05, 0) is 44.2 Å². The smallest absolute Gasteiger partial charge is 0.407 e. The van der Waals surface area contributed by atoms with Gasteiger partial charge in [-0.15, -0.1) is 0 Å². The molecule has 0 saturated carbocycles. The Balaban J connectivity index is 1.74. The van der Waals surface area contributed by atoms with Crippen molar-refractivity contribution in [3.05, 3.63) is 42.0 Å². The summed E-state index contributed by atoms with van der Waals surface area (Å²) >= 11 is 0. The van der Waals surface area contributed by atoms with E-state index in [9.17, 15) is 4.79 Å². The Morgan fingerprint density at radius 2 is 1.79 bits per heavy atom. The number of nitrogen functional groups attached to an aromatic ring is 1. The van der Waals surface area contributed by atoms with E-state index in [1.165, 1.54) is 5.56 Å². The van der Waals surface area contributed by atoms with Crippen molar-refractivity contribution in [2.75, 3.05) is 25.5 Å². The summed E-state index contributed by atoms with van der Waals surface area (Å²) in [5.41, 5.74) is 7.52. The van der Waals surface area contributed by atoms with Crippen LogP contribution in [0.1, 0.15) is 26.3 Å². The van der Waals surface area contributed by atoms with Gasteiger partial charge in [-0.1, -0.05) is 30.3 Å². The van der Waals surface area contributed by atoms with Crippen molar-refractivity contribution < 1.29 is 14.3 Å². The van der Waals surface area contributed by atoms with Gasteiger partial charge >= 0.3 is 6.09 Å². The zero-order chi connectivity index (χ0) is 17.6. The molecule has 0 radical (unpaired) electrons. The number of carbonyl (C=O) groups excluding carboxylic acids is 1. The maximum Gasteiger partial charge on any atom is 0.407 e. The van der Waals surface area contributed by atoms with E-state index in [-0.39, 0.29) is 0 Å². The molecule has 5 nitrogen and oxygen atoms in total. The third-order valence-corrected chi connectivity index (χ3v) is 3.48. The minimum absolute atomic E-state index is 0.421. The van der Waals surface area contributed by atoms with E-state index in [1.807, 2.05) is 45.0 Å². The van der Waals surface area contributed by atoms with Gasteiger partial charge in [-0.3, -0.25) is 0 Å². The molecule has 0 bridgehead atoms. The standard InChI is InChI=1S/C19H26N2O3/c1-19(2,3)24-18(22)21-11-13-23-12-10-14-6-4-8-16-15(14)7-5-9-17(16)20/h4-9H,10-13,20H2,1-3H3,(H,21,22). The zero-order valence-electron chi connectivity index (χ0n) is 14.6. The molecule has 0 atom stereocenters. The summed E-state index contributed by atoms with van der Waals surface area (Å²) in [5.74, 6) is 0. The lowest BCUT2D eigenvalue weighted by Gasteiger charge is -2.19. The predicted octanol–water partition coefficient (Wildman–Crippen LogP) is 3.51. The normalized spacial score (nSPS) is 11.5. The molecular weight excluding hydrogens is 304 g/mol. The minimum atomic E-state index is -0.485. The molecule has 0 saturated heterocycles. The first kappa shape index (κ1) is 18.1. The van der Waals surface area contributed by atoms with Crippen molar-refractivity contribution in [1.29, 1.82) is 0 Å². The van der Waals surface area contributed by atoms with Crippen molar-refractivity contribution in [3.63, 3.8) is 0 Å². The van der Waals surface area contributed by atoms with Crippen LogP contribution in [0.15, 0.2) is 36.4 Å². The predicted molar refractivity (Wildman–Crippen MR) is 97.1 cm³/mol. The van der Waals surface area contributed by atoms with Gasteiger partial charge in [0.15, 0.2) is 0 Å². The van der Waals surface area contributed by atoms with E-state index < -0.39 is 11.7 Å². The number of alkyl carbamates (subject to hydrolysis) is 1. The van der Waals surface area contributed by atoms with Crippen molar-refractivity contribution in [2.24, 2.45) is 0 Å². The van der Waals surface area contributed by atoms with Crippen LogP contribution in [0.3, 0.4) is 0 Å². The quantitative estimate of drug-likeness (QED) is 0.628. The molecule has 0 spiro atoms. The second-order valence-electron chi connectivity index (χ2n) is 6.65. The Hall–Kier alpha value is -2.27. The van der Waals surface area contributed by atoms with Crippen LogP contribution in [0.4, 0.5) is 10.5 Å². The van der Waals surface area contributed by atoms with Gasteiger partial charge in [0.05, 0.1) is 13.2 Å². The SMILES string of the molecule is CC(C)(C)OC(=O)NCCOCCc1cccc2c(N)cccc12. The van der Waals surface area contributed by atoms with Crippen molar-refractivity contribution in [1.82, 2.24) is 5.32 Å². The number of nitrogens with one attached hydrogen (secondary N) is 1. The molecule has 0 fully saturated rings. The lowest BCUT2D eigenvalue weighted by atomic mass is 10.0. The van der Waals surface area contributed by atoms with Crippen molar-refractivity contribution >= 4 is 22.6 Å². The fourth-order valence-corrected chi connectivity index (χ4v) is 2.44. The third kappa shape index (κ3) is 5.42. The largest absolute Gasteiger partial charge is 0.444 e. The molecule has 2 rings (SSSR count). The summed E-state index contributed by atoms with van der Waals surface area (Å²) in [5, 5.41) is 4.90. The number of rotatable bonds is 6. The maximum absolute atomic E-state index is 11.5. The number of benzene rings is 2. The van der Waals surface area contributed by atoms with Crippen LogP contribution in [-0.4, -0.2) is 31.5 Å². The third-order valence-electron chi connectivity index (χ3n) is 3.48. The van der Waals surface area contributed by atoms with E-state index in [0.717, 1.165) is 22.9 Å². The number of amides is 1. The van der Waals surface area contributed by atoms with Gasteiger partial charge in [0.2, 0.25) is 0 Å². The topological polar surface area (TPSA) is 73.6 Å². The lowest BCUT2D eigenvalue weighted by molar-refractivity contribution is 0.0500. The number of anilines is 1. The molecule has 0 aliphatic carbocycles. The number of nitrogens with two attached hydrogens (primary N) is 1. The first-order chi connectivity index (χ1) is 11.4. The van der Waals surface area contributed by atoms with E-state index in [2.05, 4.69) is 17.4 Å². The molecule has 2 aromatic rings. The van der Waals surface area contributed by atoms with Crippen molar-refractivity contribution in [2.45, 2.75) is 32.8 Å². The van der Waals surface area contributed by atoms with Crippen LogP contribution in [0, 0.1) is 0 Å². The van der Waals surface area contributed by atoms with Crippen LogP contribution in [0.5, 0.6) is 0 Å². The molecule has 130 valence electrons. The second kappa shape index (κ2) is 8.02. The van der Waals surface area contributed by atoms with E-state index >= 15 is 0 Å². The Labute approximate surface area is 143 Å². The van der Waals surface area contributed by atoms with Gasteiger partial charge < -0.3 is 20.5 Å². The fourth-order valence-electron chi connectivity index (χ4n) is 2.44. The molecule has 0 aliphatic rings. The lowest BCUT2D eigenvalue weighted by Crippen LogP contribution is -2.34. The summed E-state index contributed by atoms with van der Waals surface area (Å²) < 4.78 is 10.8. The fraction of sp³-hybridized carbons (Fsp3) is 0.421. The van der Waals surface area contributed by atoms with Gasteiger partial charge in [0.25, 0.3) is 0 Å². The van der Waals surface area contributed by atoms with E-state index in [4.69, 9.17) is 15.2 Å². The summed E-state index contributed by atoms with van der Waals surface area (Å²) in [4.78, 5) is 11.5. The zero-order valence-corrected chi connectivity index (χ0v) is 14.6. The van der Waals surface area contributed by atoms with Crippen LogP contribution >= 0.6 is 0 Å². The maximum atomic E-state index is 11.5. The molecule has 5 heteroatoms. The summed E-state index contributed by atoms with van der Waals surface area (Å²) in [6, 6.07) is 12.1. The number of hydrogen-bond donors (Lipinski definition) is 2. The molecule has 0 heterocycles. The Morgan fingerprint density at radius 1 is 1.08 bits per heavy atom. The first-order valence-corrected chi connectivity index (χ1v) is 8.17. The number of hydrogen-bond acceptors (Lipinski definition) is 4. The van der Waals surface area contributed by atoms with Crippen LogP contribution in [-0.2, 0) is 15.9 Å². The number of carbonyl (C=O) groups is 1. The van der Waals surface area contributed by atoms with Crippen LogP contribution in [0.2, 0.25) is 0 Å².